The summed E-state index contributed by atoms with van der Waals surface area (Å²) in [4.78, 5) is 22.4. The number of carbonyl (C=O) groups excluding carboxylic acids is 1. The number of carboxylic acid groups (broad SMARTS) is 1. The van der Waals surface area contributed by atoms with Crippen molar-refractivity contribution < 1.29 is 24.9 Å². The molecule has 3 N–H and O–H groups in total. The summed E-state index contributed by atoms with van der Waals surface area (Å²) in [5.74, 6) is 0.909. The number of hydrogen-bond acceptors (Lipinski definition) is 6. The van der Waals surface area contributed by atoms with Crippen molar-refractivity contribution in [3.63, 3.8) is 0 Å². The largest absolute Gasteiger partial charge is 0.481 e. The van der Waals surface area contributed by atoms with E-state index in [1.165, 1.54) is 11.8 Å². The number of ketones is 1. The molecule has 0 aromatic carbocycles. The minimum absolute atomic E-state index is 0.0645. The van der Waals surface area contributed by atoms with Crippen LogP contribution in [-0.4, -0.2) is 61.8 Å². The number of Topliss-reactive ketones (excluding diaryl/α,β-unsaturated/α-hetero) is 1. The molecule has 1 saturated carbocycles. The first-order chi connectivity index (χ1) is 10.5. The van der Waals surface area contributed by atoms with E-state index < -0.39 is 12.1 Å². The molecule has 0 radical (unpaired) electrons. The Morgan fingerprint density at radius 2 is 2.14 bits per heavy atom. The van der Waals surface area contributed by atoms with E-state index in [2.05, 4.69) is 0 Å². The lowest BCUT2D eigenvalue weighted by Crippen LogP contribution is -2.24. The number of aliphatic hydroxyl groups excluding tert-OH is 2. The average Bonchev–Trinajstić information content (AvgIpc) is 2.73. The highest BCUT2D eigenvalue weighted by Crippen LogP contribution is 2.36. The van der Waals surface area contributed by atoms with Crippen molar-refractivity contribution in [2.24, 2.45) is 5.92 Å². The van der Waals surface area contributed by atoms with Gasteiger partial charge in [-0.25, -0.2) is 0 Å². The molecule has 1 aliphatic carbocycles. The van der Waals surface area contributed by atoms with Gasteiger partial charge in [0.05, 0.1) is 23.2 Å². The van der Waals surface area contributed by atoms with Crippen LogP contribution in [0.3, 0.4) is 0 Å². The minimum atomic E-state index is -0.804. The third-order valence-corrected chi connectivity index (χ3v) is 6.40. The quantitative estimate of drug-likeness (QED) is 0.489. The van der Waals surface area contributed by atoms with Crippen LogP contribution in [0.2, 0.25) is 0 Å². The molecule has 1 rings (SSSR count). The Kier molecular flexibility index (Phi) is 9.47. The molecule has 7 heteroatoms. The number of aliphatic carboxylic acids is 1. The smallest absolute Gasteiger partial charge is 0.313 e. The Morgan fingerprint density at radius 1 is 1.41 bits per heavy atom. The van der Waals surface area contributed by atoms with E-state index in [4.69, 9.17) is 5.11 Å². The predicted molar refractivity (Wildman–Crippen MR) is 90.5 cm³/mol. The van der Waals surface area contributed by atoms with E-state index in [-0.39, 0.29) is 35.2 Å². The summed E-state index contributed by atoms with van der Waals surface area (Å²) in [5, 5.41) is 28.1. The molecular weight excluding hydrogens is 324 g/mol. The van der Waals surface area contributed by atoms with Crippen molar-refractivity contribution in [2.45, 2.75) is 56.5 Å². The van der Waals surface area contributed by atoms with Gasteiger partial charge < -0.3 is 15.3 Å². The van der Waals surface area contributed by atoms with Crippen molar-refractivity contribution >= 4 is 35.3 Å². The molecule has 0 aliphatic heterocycles. The minimum Gasteiger partial charge on any atom is -0.481 e. The molecule has 0 aromatic heterocycles. The van der Waals surface area contributed by atoms with Crippen LogP contribution in [0.1, 0.15) is 39.0 Å². The molecular formula is C15H26O5S2. The summed E-state index contributed by atoms with van der Waals surface area (Å²) >= 11 is 2.95. The fourth-order valence-electron chi connectivity index (χ4n) is 2.59. The summed E-state index contributed by atoms with van der Waals surface area (Å²) in [6.07, 6.45) is 2.11. The highest BCUT2D eigenvalue weighted by molar-refractivity contribution is 8.01. The zero-order valence-corrected chi connectivity index (χ0v) is 14.6. The van der Waals surface area contributed by atoms with Gasteiger partial charge in [0.15, 0.2) is 0 Å². The lowest BCUT2D eigenvalue weighted by atomic mass is 9.96. The van der Waals surface area contributed by atoms with E-state index in [9.17, 15) is 19.8 Å². The number of thioether (sulfide) groups is 2. The Hall–Kier alpha value is -0.240. The molecule has 0 amide bonds. The number of carboxylic acids is 1. The normalized spacial score (nSPS) is 26.3. The summed E-state index contributed by atoms with van der Waals surface area (Å²) in [6, 6.07) is 0. The monoisotopic (exact) mass is 350 g/mol. The summed E-state index contributed by atoms with van der Waals surface area (Å²) in [5.41, 5.74) is 0. The van der Waals surface area contributed by atoms with E-state index in [1.807, 2.05) is 6.92 Å². The van der Waals surface area contributed by atoms with Crippen molar-refractivity contribution in [2.75, 3.05) is 17.3 Å². The Balaban J connectivity index is 2.31. The van der Waals surface area contributed by atoms with Gasteiger partial charge >= 0.3 is 5.97 Å². The van der Waals surface area contributed by atoms with Crippen molar-refractivity contribution in [3.8, 4) is 0 Å². The van der Waals surface area contributed by atoms with Gasteiger partial charge in [-0.1, -0.05) is 6.92 Å². The van der Waals surface area contributed by atoms with Crippen LogP contribution >= 0.6 is 23.5 Å². The molecule has 1 aliphatic rings. The fourth-order valence-corrected chi connectivity index (χ4v) is 4.86. The maximum atomic E-state index is 12.0. The number of aliphatic hydroxyl groups is 2. The van der Waals surface area contributed by atoms with Crippen LogP contribution in [0.25, 0.3) is 0 Å². The number of hydrogen-bond donors (Lipinski definition) is 3. The summed E-state index contributed by atoms with van der Waals surface area (Å²) < 4.78 is 0. The molecule has 0 aromatic rings. The molecule has 0 saturated heterocycles. The van der Waals surface area contributed by atoms with Gasteiger partial charge in [0, 0.05) is 12.3 Å². The van der Waals surface area contributed by atoms with Crippen molar-refractivity contribution in [1.82, 2.24) is 0 Å². The van der Waals surface area contributed by atoms with Crippen LogP contribution in [0, 0.1) is 5.92 Å². The van der Waals surface area contributed by atoms with Crippen LogP contribution in [0.4, 0.5) is 0 Å². The van der Waals surface area contributed by atoms with Gasteiger partial charge in [-0.05, 0) is 37.2 Å². The van der Waals surface area contributed by atoms with Gasteiger partial charge in [0.1, 0.15) is 5.78 Å². The maximum absolute atomic E-state index is 12.0. The first kappa shape index (κ1) is 19.8. The standard InChI is InChI=1S/C15H26O5S2/c1-2-10(16)4-5-11-12(17)8-13(18)15(11)22-7-3-6-21-9-14(19)20/h10-12,15-17H,2-9H2,1H3,(H,19,20)/t10?,11-,12?,15?/m0/s1. The van der Waals surface area contributed by atoms with Crippen molar-refractivity contribution in [1.29, 1.82) is 0 Å². The molecule has 4 atom stereocenters. The Labute approximate surface area is 140 Å². The first-order valence-electron chi connectivity index (χ1n) is 7.75. The zero-order chi connectivity index (χ0) is 16.5. The molecule has 0 bridgehead atoms. The lowest BCUT2D eigenvalue weighted by molar-refractivity contribution is -0.133. The number of rotatable bonds is 11. The topological polar surface area (TPSA) is 94.8 Å². The molecule has 128 valence electrons. The second-order valence-corrected chi connectivity index (χ2v) is 7.99. The zero-order valence-electron chi connectivity index (χ0n) is 12.9. The summed E-state index contributed by atoms with van der Waals surface area (Å²) in [7, 11) is 0. The SMILES string of the molecule is CCC(O)CC[C@H]1C(O)CC(=O)C1SCCCSCC(=O)O. The van der Waals surface area contributed by atoms with Crippen LogP contribution in [0.15, 0.2) is 0 Å². The van der Waals surface area contributed by atoms with Crippen LogP contribution < -0.4 is 0 Å². The van der Waals surface area contributed by atoms with Gasteiger partial charge in [0.25, 0.3) is 0 Å². The van der Waals surface area contributed by atoms with E-state index in [0.29, 0.717) is 19.3 Å². The third-order valence-electron chi connectivity index (χ3n) is 3.87. The molecule has 1 fully saturated rings. The second-order valence-electron chi connectivity index (χ2n) is 5.63. The van der Waals surface area contributed by atoms with Gasteiger partial charge in [-0.15, -0.1) is 0 Å². The van der Waals surface area contributed by atoms with Crippen molar-refractivity contribution in [3.05, 3.63) is 0 Å². The fraction of sp³-hybridized carbons (Fsp3) is 0.867. The maximum Gasteiger partial charge on any atom is 0.313 e. The molecule has 3 unspecified atom stereocenters. The van der Waals surface area contributed by atoms with Crippen LogP contribution in [0.5, 0.6) is 0 Å². The highest BCUT2D eigenvalue weighted by Gasteiger charge is 2.41. The molecule has 0 spiro atoms. The Morgan fingerprint density at radius 3 is 2.77 bits per heavy atom. The molecule has 0 heterocycles. The number of carbonyl (C=O) groups is 2. The Bertz CT molecular complexity index is 364. The van der Waals surface area contributed by atoms with E-state index >= 15 is 0 Å². The summed E-state index contributed by atoms with van der Waals surface area (Å²) in [6.45, 7) is 1.92. The van der Waals surface area contributed by atoms with Crippen LogP contribution in [-0.2, 0) is 9.59 Å². The predicted octanol–water partition coefficient (Wildman–Crippen LogP) is 1.80. The third kappa shape index (κ3) is 6.89. The average molecular weight is 351 g/mol. The molecule has 22 heavy (non-hydrogen) atoms. The second kappa shape index (κ2) is 10.5. The van der Waals surface area contributed by atoms with E-state index in [1.54, 1.807) is 11.8 Å². The van der Waals surface area contributed by atoms with Gasteiger partial charge in [-0.2, -0.15) is 23.5 Å². The highest BCUT2D eigenvalue weighted by atomic mass is 32.2. The molecule has 5 nitrogen and oxygen atoms in total. The van der Waals surface area contributed by atoms with Gasteiger partial charge in [-0.3, -0.25) is 9.59 Å². The van der Waals surface area contributed by atoms with E-state index in [0.717, 1.165) is 17.9 Å². The lowest BCUT2D eigenvalue weighted by Gasteiger charge is -2.21. The first-order valence-corrected chi connectivity index (χ1v) is 9.96. The van der Waals surface area contributed by atoms with Gasteiger partial charge in [0.2, 0.25) is 0 Å².